The van der Waals surface area contributed by atoms with Crippen LogP contribution in [0.5, 0.6) is 0 Å². The minimum atomic E-state index is -0.295. The Hall–Kier alpha value is -2.81. The first-order valence-electron chi connectivity index (χ1n) is 9.75. The van der Waals surface area contributed by atoms with Gasteiger partial charge in [0.2, 0.25) is 5.91 Å². The summed E-state index contributed by atoms with van der Waals surface area (Å²) in [4.78, 5) is 20.8. The van der Waals surface area contributed by atoms with Crippen LogP contribution < -0.4 is 15.7 Å². The van der Waals surface area contributed by atoms with Crippen LogP contribution in [0.1, 0.15) is 17.5 Å². The number of hydrogen-bond donors (Lipinski definition) is 2. The molecule has 30 heavy (non-hydrogen) atoms. The minimum Gasteiger partial charge on any atom is -0.354 e. The van der Waals surface area contributed by atoms with Gasteiger partial charge in [-0.1, -0.05) is 24.3 Å². The third-order valence-corrected chi connectivity index (χ3v) is 5.60. The second kappa shape index (κ2) is 9.34. The molecular weight excluding hydrogens is 403 g/mol. The predicted molar refractivity (Wildman–Crippen MR) is 115 cm³/mol. The van der Waals surface area contributed by atoms with E-state index in [0.717, 1.165) is 29.2 Å². The molecule has 1 fully saturated rings. The van der Waals surface area contributed by atoms with E-state index in [1.807, 2.05) is 35.7 Å². The van der Waals surface area contributed by atoms with E-state index in [1.165, 1.54) is 13.0 Å². The number of nitrogens with one attached hydrogen (secondary N) is 2. The molecule has 0 aliphatic carbocycles. The Labute approximate surface area is 178 Å². The van der Waals surface area contributed by atoms with Crippen LogP contribution in [0.4, 0.5) is 10.1 Å². The molecule has 1 amide bonds. The molecule has 0 saturated carbocycles. The highest BCUT2D eigenvalue weighted by Crippen LogP contribution is 2.30. The maximum atomic E-state index is 14.7. The van der Waals surface area contributed by atoms with E-state index in [1.54, 1.807) is 28.7 Å². The number of halogens is 1. The van der Waals surface area contributed by atoms with Gasteiger partial charge in [0.15, 0.2) is 0 Å². The van der Waals surface area contributed by atoms with Crippen molar-refractivity contribution in [1.82, 2.24) is 15.6 Å². The molecule has 8 heteroatoms. The first kappa shape index (κ1) is 20.5. The standard InChI is InChI=1S/C22H23FN4O2S/c1-15(28)26-12-19-14-27(29-19)18-6-7-20(21(23)10-18)17-4-2-16(3-5-17)11-24-13-22-25-8-9-30-22/h2-10,19,24H,11-14H2,1H3,(H,26,28)/t19-/m0/s1. The minimum absolute atomic E-state index is 0.0756. The van der Waals surface area contributed by atoms with E-state index in [2.05, 4.69) is 15.6 Å². The molecule has 1 saturated heterocycles. The lowest BCUT2D eigenvalue weighted by molar-refractivity contribution is -0.121. The molecule has 0 unspecified atom stereocenters. The summed E-state index contributed by atoms with van der Waals surface area (Å²) in [7, 11) is 0. The number of anilines is 1. The molecule has 1 atom stereocenters. The summed E-state index contributed by atoms with van der Waals surface area (Å²) >= 11 is 1.63. The molecule has 2 heterocycles. The van der Waals surface area contributed by atoms with Crippen LogP contribution in [0, 0.1) is 5.82 Å². The van der Waals surface area contributed by atoms with Gasteiger partial charge < -0.3 is 10.6 Å². The highest BCUT2D eigenvalue weighted by molar-refractivity contribution is 7.09. The van der Waals surface area contributed by atoms with Crippen molar-refractivity contribution in [2.45, 2.75) is 26.1 Å². The van der Waals surface area contributed by atoms with E-state index >= 15 is 0 Å². The van der Waals surface area contributed by atoms with Crippen molar-refractivity contribution in [2.24, 2.45) is 0 Å². The lowest BCUT2D eigenvalue weighted by atomic mass is 10.0. The van der Waals surface area contributed by atoms with Crippen LogP contribution in [0.25, 0.3) is 11.1 Å². The topological polar surface area (TPSA) is 66.5 Å². The summed E-state index contributed by atoms with van der Waals surface area (Å²) in [6, 6.07) is 13.0. The van der Waals surface area contributed by atoms with Crippen molar-refractivity contribution in [2.75, 3.05) is 18.2 Å². The monoisotopic (exact) mass is 426 g/mol. The molecule has 1 aliphatic rings. The number of carbonyl (C=O) groups is 1. The van der Waals surface area contributed by atoms with Gasteiger partial charge >= 0.3 is 0 Å². The number of aromatic nitrogens is 1. The lowest BCUT2D eigenvalue weighted by Gasteiger charge is -2.39. The largest absolute Gasteiger partial charge is 0.354 e. The van der Waals surface area contributed by atoms with Gasteiger partial charge in [-0.3, -0.25) is 14.7 Å². The first-order valence-corrected chi connectivity index (χ1v) is 10.6. The van der Waals surface area contributed by atoms with Crippen molar-refractivity contribution in [3.8, 4) is 11.1 Å². The molecule has 1 aliphatic heterocycles. The Morgan fingerprint density at radius 1 is 1.27 bits per heavy atom. The van der Waals surface area contributed by atoms with Gasteiger partial charge in [-0.25, -0.2) is 9.37 Å². The number of thiazole rings is 1. The summed E-state index contributed by atoms with van der Waals surface area (Å²) in [6.45, 7) is 4.00. The number of hydroxylamine groups is 1. The average molecular weight is 427 g/mol. The zero-order valence-corrected chi connectivity index (χ0v) is 17.4. The van der Waals surface area contributed by atoms with Gasteiger partial charge in [0, 0.05) is 49.8 Å². The highest BCUT2D eigenvalue weighted by Gasteiger charge is 2.29. The zero-order chi connectivity index (χ0) is 20.9. The van der Waals surface area contributed by atoms with E-state index < -0.39 is 0 Å². The maximum Gasteiger partial charge on any atom is 0.216 e. The number of amides is 1. The summed E-state index contributed by atoms with van der Waals surface area (Å²) in [5.74, 6) is -0.384. The van der Waals surface area contributed by atoms with Crippen LogP contribution in [0.3, 0.4) is 0 Å². The van der Waals surface area contributed by atoms with Gasteiger partial charge in [0.1, 0.15) is 16.9 Å². The van der Waals surface area contributed by atoms with Crippen LogP contribution in [0.2, 0.25) is 0 Å². The average Bonchev–Trinajstić information content (AvgIpc) is 3.21. The van der Waals surface area contributed by atoms with Crippen molar-refractivity contribution < 1.29 is 14.0 Å². The summed E-state index contributed by atoms with van der Waals surface area (Å²) in [5, 5.41) is 10.7. The third kappa shape index (κ3) is 5.02. The Morgan fingerprint density at radius 2 is 2.07 bits per heavy atom. The van der Waals surface area contributed by atoms with Crippen molar-refractivity contribution in [3.05, 3.63) is 70.4 Å². The lowest BCUT2D eigenvalue weighted by Crippen LogP contribution is -2.53. The first-order chi connectivity index (χ1) is 14.6. The van der Waals surface area contributed by atoms with Crippen molar-refractivity contribution in [3.63, 3.8) is 0 Å². The second-order valence-corrected chi connectivity index (χ2v) is 8.10. The molecule has 6 nitrogen and oxygen atoms in total. The molecule has 3 aromatic rings. The van der Waals surface area contributed by atoms with E-state index in [-0.39, 0.29) is 17.8 Å². The second-order valence-electron chi connectivity index (χ2n) is 7.12. The van der Waals surface area contributed by atoms with Crippen molar-refractivity contribution >= 4 is 22.9 Å². The highest BCUT2D eigenvalue weighted by atomic mass is 32.1. The van der Waals surface area contributed by atoms with E-state index in [9.17, 15) is 9.18 Å². The number of hydrogen-bond acceptors (Lipinski definition) is 6. The molecule has 2 aromatic carbocycles. The van der Waals surface area contributed by atoms with Crippen LogP contribution in [-0.4, -0.2) is 30.1 Å². The maximum absolute atomic E-state index is 14.7. The van der Waals surface area contributed by atoms with Gasteiger partial charge in [-0.15, -0.1) is 11.3 Å². The Morgan fingerprint density at radius 3 is 2.73 bits per heavy atom. The van der Waals surface area contributed by atoms with Gasteiger partial charge in [-0.2, -0.15) is 0 Å². The fourth-order valence-corrected chi connectivity index (χ4v) is 3.82. The molecule has 156 valence electrons. The Bertz CT molecular complexity index is 989. The third-order valence-electron chi connectivity index (χ3n) is 4.82. The molecule has 1 aromatic heterocycles. The fourth-order valence-electron chi connectivity index (χ4n) is 3.23. The number of carbonyl (C=O) groups excluding carboxylic acids is 1. The van der Waals surface area contributed by atoms with Crippen LogP contribution in [-0.2, 0) is 22.7 Å². The van der Waals surface area contributed by atoms with Crippen LogP contribution in [0.15, 0.2) is 54.0 Å². The Balaban J connectivity index is 1.32. The quantitative estimate of drug-likeness (QED) is 0.577. The SMILES string of the molecule is CC(=O)NC[C@H]1CN(c2ccc(-c3ccc(CNCc4nccs4)cc3)c(F)c2)O1. The van der Waals surface area contributed by atoms with Gasteiger partial charge in [0.05, 0.1) is 12.2 Å². The molecule has 0 radical (unpaired) electrons. The normalized spacial score (nSPS) is 15.7. The summed E-state index contributed by atoms with van der Waals surface area (Å²) < 4.78 is 14.7. The molecule has 0 bridgehead atoms. The predicted octanol–water partition coefficient (Wildman–Crippen LogP) is 3.50. The van der Waals surface area contributed by atoms with Crippen LogP contribution >= 0.6 is 11.3 Å². The van der Waals surface area contributed by atoms with E-state index in [4.69, 9.17) is 4.84 Å². The molecule has 0 spiro atoms. The van der Waals surface area contributed by atoms with Crippen molar-refractivity contribution in [1.29, 1.82) is 0 Å². The summed E-state index contributed by atoms with van der Waals surface area (Å²) in [6.07, 6.45) is 1.72. The Kier molecular flexibility index (Phi) is 6.37. The molecule has 2 N–H and O–H groups in total. The summed E-state index contributed by atoms with van der Waals surface area (Å²) in [5.41, 5.74) is 3.18. The van der Waals surface area contributed by atoms with Gasteiger partial charge in [-0.05, 0) is 23.3 Å². The van der Waals surface area contributed by atoms with E-state index in [0.29, 0.717) is 24.3 Å². The molecular formula is C22H23FN4O2S. The molecule has 4 rings (SSSR count). The number of benzene rings is 2. The number of rotatable bonds is 8. The fraction of sp³-hybridized carbons (Fsp3) is 0.273. The van der Waals surface area contributed by atoms with Gasteiger partial charge in [0.25, 0.3) is 0 Å². The zero-order valence-electron chi connectivity index (χ0n) is 16.6. The number of nitrogens with zero attached hydrogens (tertiary/aromatic N) is 2. The smallest absolute Gasteiger partial charge is 0.216 e.